The molecule has 0 amide bonds. The van der Waals surface area contributed by atoms with Crippen LogP contribution in [0, 0.1) is 11.3 Å². The van der Waals surface area contributed by atoms with Gasteiger partial charge in [-0.15, -0.1) is 0 Å². The Morgan fingerprint density at radius 1 is 1.45 bits per heavy atom. The van der Waals surface area contributed by atoms with E-state index in [2.05, 4.69) is 5.32 Å². The predicted molar refractivity (Wildman–Crippen MR) is 76.6 cm³/mol. The normalized spacial score (nSPS) is 12.8. The Morgan fingerprint density at radius 3 is 2.85 bits per heavy atom. The molecule has 20 heavy (non-hydrogen) atoms. The van der Waals surface area contributed by atoms with E-state index >= 15 is 0 Å². The molecule has 5 nitrogen and oxygen atoms in total. The van der Waals surface area contributed by atoms with Crippen molar-refractivity contribution in [1.82, 2.24) is 5.32 Å². The van der Waals surface area contributed by atoms with Gasteiger partial charge in [-0.05, 0) is 32.0 Å². The third kappa shape index (κ3) is 6.02. The number of rotatable bonds is 8. The van der Waals surface area contributed by atoms with E-state index in [1.54, 1.807) is 31.4 Å². The van der Waals surface area contributed by atoms with Crippen molar-refractivity contribution < 1.29 is 14.6 Å². The van der Waals surface area contributed by atoms with E-state index < -0.39 is 6.10 Å². The van der Waals surface area contributed by atoms with Gasteiger partial charge in [0.05, 0.1) is 18.2 Å². The van der Waals surface area contributed by atoms with Gasteiger partial charge in [-0.2, -0.15) is 5.26 Å². The molecule has 0 aromatic heterocycles. The average molecular weight is 278 g/mol. The van der Waals surface area contributed by atoms with Gasteiger partial charge in [-0.1, -0.05) is 6.07 Å². The summed E-state index contributed by atoms with van der Waals surface area (Å²) in [5.41, 5.74) is 0.340. The summed E-state index contributed by atoms with van der Waals surface area (Å²) in [5.74, 6) is 0.583. The molecule has 0 fully saturated rings. The fraction of sp³-hybridized carbons (Fsp3) is 0.533. The number of methoxy groups -OCH3 is 1. The van der Waals surface area contributed by atoms with Crippen molar-refractivity contribution in [2.45, 2.75) is 25.5 Å². The van der Waals surface area contributed by atoms with Gasteiger partial charge in [0, 0.05) is 19.2 Å². The number of aliphatic hydroxyl groups excluding tert-OH is 1. The second-order valence-corrected chi connectivity index (χ2v) is 5.30. The minimum Gasteiger partial charge on any atom is -0.491 e. The quantitative estimate of drug-likeness (QED) is 0.750. The van der Waals surface area contributed by atoms with Crippen molar-refractivity contribution in [3.63, 3.8) is 0 Å². The predicted octanol–water partition coefficient (Wildman–Crippen LogP) is 1.31. The van der Waals surface area contributed by atoms with Crippen LogP contribution in [-0.2, 0) is 4.74 Å². The van der Waals surface area contributed by atoms with Gasteiger partial charge in [0.15, 0.2) is 0 Å². The van der Waals surface area contributed by atoms with E-state index in [0.717, 1.165) is 0 Å². The summed E-state index contributed by atoms with van der Waals surface area (Å²) < 4.78 is 10.6. The molecule has 0 aliphatic heterocycles. The molecule has 5 heteroatoms. The molecule has 0 aliphatic carbocycles. The zero-order valence-corrected chi connectivity index (χ0v) is 12.2. The van der Waals surface area contributed by atoms with Crippen molar-refractivity contribution in [1.29, 1.82) is 5.26 Å². The number of nitrogens with zero attached hydrogens (tertiary/aromatic N) is 1. The third-order valence-electron chi connectivity index (χ3n) is 2.73. The summed E-state index contributed by atoms with van der Waals surface area (Å²) in [6, 6.07) is 8.91. The summed E-state index contributed by atoms with van der Waals surface area (Å²) in [6.07, 6.45) is -0.628. The number of aliphatic hydroxyl groups is 1. The van der Waals surface area contributed by atoms with Crippen LogP contribution in [0.25, 0.3) is 0 Å². The standard InChI is InChI=1S/C15H22N2O3/c1-15(2,11-19-3)17-9-13(18)10-20-14-6-4-5-12(7-14)8-16/h4-7,13,17-18H,9-11H2,1-3H3. The topological polar surface area (TPSA) is 74.5 Å². The Balaban J connectivity index is 2.36. The van der Waals surface area contributed by atoms with Gasteiger partial charge < -0.3 is 19.9 Å². The zero-order valence-electron chi connectivity index (χ0n) is 12.2. The molecule has 1 rings (SSSR count). The third-order valence-corrected chi connectivity index (χ3v) is 2.73. The van der Waals surface area contributed by atoms with Crippen LogP contribution < -0.4 is 10.1 Å². The molecule has 0 radical (unpaired) electrons. The van der Waals surface area contributed by atoms with Gasteiger partial charge in [-0.3, -0.25) is 0 Å². The van der Waals surface area contributed by atoms with E-state index in [9.17, 15) is 5.11 Å². The fourth-order valence-corrected chi connectivity index (χ4v) is 1.71. The molecular weight excluding hydrogens is 256 g/mol. The Hall–Kier alpha value is -1.61. The summed E-state index contributed by atoms with van der Waals surface area (Å²) in [6.45, 7) is 5.14. The molecule has 0 saturated heterocycles. The largest absolute Gasteiger partial charge is 0.491 e. The van der Waals surface area contributed by atoms with Crippen LogP contribution in [0.5, 0.6) is 5.75 Å². The monoisotopic (exact) mass is 278 g/mol. The fourth-order valence-electron chi connectivity index (χ4n) is 1.71. The van der Waals surface area contributed by atoms with E-state index in [4.69, 9.17) is 14.7 Å². The molecule has 0 heterocycles. The first-order chi connectivity index (χ1) is 9.46. The molecule has 1 aromatic rings. The highest BCUT2D eigenvalue weighted by Gasteiger charge is 2.18. The van der Waals surface area contributed by atoms with Crippen LogP contribution >= 0.6 is 0 Å². The number of benzene rings is 1. The first-order valence-electron chi connectivity index (χ1n) is 6.52. The molecule has 2 N–H and O–H groups in total. The number of ether oxygens (including phenoxy) is 2. The summed E-state index contributed by atoms with van der Waals surface area (Å²) in [4.78, 5) is 0. The lowest BCUT2D eigenvalue weighted by molar-refractivity contribution is 0.0813. The Morgan fingerprint density at radius 2 is 2.20 bits per heavy atom. The number of β-amino-alcohol motifs (C(OH)–C–C–N with tert-alkyl or cyclic N) is 1. The number of nitrogens with one attached hydrogen (secondary N) is 1. The molecular formula is C15H22N2O3. The highest BCUT2D eigenvalue weighted by molar-refractivity contribution is 5.36. The summed E-state index contributed by atoms with van der Waals surface area (Å²) >= 11 is 0. The van der Waals surface area contributed by atoms with Crippen LogP contribution in [0.4, 0.5) is 0 Å². The van der Waals surface area contributed by atoms with Gasteiger partial charge in [0.1, 0.15) is 18.5 Å². The van der Waals surface area contributed by atoms with Gasteiger partial charge in [0.2, 0.25) is 0 Å². The molecule has 110 valence electrons. The Labute approximate surface area is 120 Å². The van der Waals surface area contributed by atoms with Crippen LogP contribution in [0.3, 0.4) is 0 Å². The number of hydrogen-bond donors (Lipinski definition) is 2. The lowest BCUT2D eigenvalue weighted by Gasteiger charge is -2.26. The molecule has 0 bridgehead atoms. The van der Waals surface area contributed by atoms with Crippen LogP contribution in [0.15, 0.2) is 24.3 Å². The average Bonchev–Trinajstić information content (AvgIpc) is 2.43. The highest BCUT2D eigenvalue weighted by Crippen LogP contribution is 2.12. The SMILES string of the molecule is COCC(C)(C)NCC(O)COc1cccc(C#N)c1. The first kappa shape index (κ1) is 16.4. The van der Waals surface area contributed by atoms with Crippen molar-refractivity contribution in [2.24, 2.45) is 0 Å². The van der Waals surface area contributed by atoms with E-state index in [0.29, 0.717) is 24.5 Å². The number of nitriles is 1. The molecule has 0 saturated carbocycles. The van der Waals surface area contributed by atoms with Crippen LogP contribution in [-0.4, -0.2) is 43.6 Å². The summed E-state index contributed by atoms with van der Waals surface area (Å²) in [5, 5.41) is 21.9. The van der Waals surface area contributed by atoms with Gasteiger partial charge in [0.25, 0.3) is 0 Å². The lowest BCUT2D eigenvalue weighted by Crippen LogP contribution is -2.47. The van der Waals surface area contributed by atoms with Gasteiger partial charge in [-0.25, -0.2) is 0 Å². The zero-order chi connectivity index (χ0) is 15.0. The minimum atomic E-state index is -0.628. The molecule has 0 spiro atoms. The molecule has 1 unspecified atom stereocenters. The second-order valence-electron chi connectivity index (χ2n) is 5.30. The minimum absolute atomic E-state index is 0.172. The van der Waals surface area contributed by atoms with Crippen LogP contribution in [0.2, 0.25) is 0 Å². The van der Waals surface area contributed by atoms with Crippen LogP contribution in [0.1, 0.15) is 19.4 Å². The maximum Gasteiger partial charge on any atom is 0.120 e. The first-order valence-corrected chi connectivity index (χ1v) is 6.52. The van der Waals surface area contributed by atoms with Crippen molar-refractivity contribution >= 4 is 0 Å². The van der Waals surface area contributed by atoms with Crippen molar-refractivity contribution in [3.8, 4) is 11.8 Å². The lowest BCUT2D eigenvalue weighted by atomic mass is 10.1. The van der Waals surface area contributed by atoms with Crippen molar-refractivity contribution in [2.75, 3.05) is 26.9 Å². The highest BCUT2D eigenvalue weighted by atomic mass is 16.5. The molecule has 1 aromatic carbocycles. The van der Waals surface area contributed by atoms with E-state index in [1.165, 1.54) is 0 Å². The van der Waals surface area contributed by atoms with E-state index in [-0.39, 0.29) is 12.1 Å². The van der Waals surface area contributed by atoms with E-state index in [1.807, 2.05) is 19.9 Å². The Kier molecular flexibility index (Phi) is 6.46. The summed E-state index contributed by atoms with van der Waals surface area (Å²) in [7, 11) is 1.64. The Bertz CT molecular complexity index is 455. The maximum atomic E-state index is 9.88. The molecule has 0 aliphatic rings. The van der Waals surface area contributed by atoms with Gasteiger partial charge >= 0.3 is 0 Å². The number of hydrogen-bond acceptors (Lipinski definition) is 5. The van der Waals surface area contributed by atoms with Crippen molar-refractivity contribution in [3.05, 3.63) is 29.8 Å². The second kappa shape index (κ2) is 7.85. The smallest absolute Gasteiger partial charge is 0.120 e. The maximum absolute atomic E-state index is 9.88. The molecule has 1 atom stereocenters.